The molecule has 0 aliphatic carbocycles. The molecule has 0 aromatic heterocycles. The van der Waals surface area contributed by atoms with E-state index < -0.39 is 6.09 Å². The Hall–Kier alpha value is -0.820. The van der Waals surface area contributed by atoms with E-state index in [-0.39, 0.29) is 18.1 Å². The molecule has 0 aromatic carbocycles. The van der Waals surface area contributed by atoms with Crippen molar-refractivity contribution in [2.75, 3.05) is 19.8 Å². The van der Waals surface area contributed by atoms with Crippen molar-refractivity contribution < 1.29 is 19.1 Å². The molecule has 0 aliphatic rings. The number of ether oxygens (including phenoxy) is 2. The number of carbonyl (C=O) groups is 2. The van der Waals surface area contributed by atoms with Gasteiger partial charge >= 0.3 is 6.09 Å². The minimum Gasteiger partial charge on any atom is -0.485 e. The number of nitrogens with one attached hydrogen (secondary N) is 1. The lowest BCUT2D eigenvalue weighted by atomic mass is 10.3. The summed E-state index contributed by atoms with van der Waals surface area (Å²) in [5, 5.41) is 2.66. The van der Waals surface area contributed by atoms with Crippen LogP contribution in [0, 0.1) is 0 Å². The Morgan fingerprint density at radius 3 is 2.56 bits per heavy atom. The lowest BCUT2D eigenvalue weighted by molar-refractivity contribution is -0.110. The molecule has 0 radical (unpaired) electrons. The number of amides is 1. The Morgan fingerprint density at radius 2 is 1.94 bits per heavy atom. The molecule has 0 spiro atoms. The summed E-state index contributed by atoms with van der Waals surface area (Å²) in [6.07, 6.45) is 2.01. The van der Waals surface area contributed by atoms with Gasteiger partial charge in [0.1, 0.15) is 6.61 Å². The van der Waals surface area contributed by atoms with Crippen LogP contribution in [0.1, 0.15) is 32.6 Å². The van der Waals surface area contributed by atoms with Gasteiger partial charge in [-0.25, -0.2) is 4.79 Å². The van der Waals surface area contributed by atoms with E-state index in [1.807, 2.05) is 6.92 Å². The number of hydrogen-bond donors (Lipinski definition) is 2. The van der Waals surface area contributed by atoms with Crippen LogP contribution in [0.3, 0.4) is 0 Å². The van der Waals surface area contributed by atoms with E-state index in [1.165, 1.54) is 0 Å². The highest BCUT2D eigenvalue weighted by Gasteiger charge is 2.03. The number of thiocarbonyl (C=S) groups is 1. The fraction of sp³-hybridized carbons (Fsp3) is 0.727. The second kappa shape index (κ2) is 11.3. The third-order valence-electron chi connectivity index (χ3n) is 1.91. The van der Waals surface area contributed by atoms with Crippen molar-refractivity contribution in [3.8, 4) is 0 Å². The maximum Gasteiger partial charge on any atom is 0.407 e. The first-order chi connectivity index (χ1) is 8.56. The summed E-state index contributed by atoms with van der Waals surface area (Å²) in [6.45, 7) is 3.03. The average molecular weight is 293 g/mol. The number of unbranched alkanes of at least 4 members (excludes halogenated alkanes) is 1. The molecule has 0 fully saturated rings. The van der Waals surface area contributed by atoms with Gasteiger partial charge in [0.05, 0.1) is 13.2 Å². The van der Waals surface area contributed by atoms with Crippen LogP contribution in [0.4, 0.5) is 4.79 Å². The van der Waals surface area contributed by atoms with Crippen LogP contribution in [0.5, 0.6) is 0 Å². The highest BCUT2D eigenvalue weighted by Crippen LogP contribution is 1.98. The minimum absolute atomic E-state index is 0.224. The predicted octanol–water partition coefficient (Wildman–Crippen LogP) is 2.09. The standard InChI is InChI=1S/C11H19NO4S2/c1-2-3-7-16-11(14)12-6-8-15-10(18)5-4-9(13)17/h2-8H2,1H3,(H,12,14)(H,13,17). The largest absolute Gasteiger partial charge is 0.485 e. The first kappa shape index (κ1) is 17.2. The van der Waals surface area contributed by atoms with E-state index in [0.29, 0.717) is 24.6 Å². The zero-order chi connectivity index (χ0) is 13.8. The third kappa shape index (κ3) is 11.7. The molecule has 0 saturated carbocycles. The Kier molecular flexibility index (Phi) is 10.8. The number of alkyl carbamates (subject to hydrolysis) is 1. The summed E-state index contributed by atoms with van der Waals surface area (Å²) in [5.41, 5.74) is 0. The molecule has 7 heteroatoms. The summed E-state index contributed by atoms with van der Waals surface area (Å²) in [4.78, 5) is 21.7. The van der Waals surface area contributed by atoms with Crippen molar-refractivity contribution in [1.29, 1.82) is 0 Å². The van der Waals surface area contributed by atoms with Gasteiger partial charge in [-0.1, -0.05) is 13.3 Å². The molecule has 0 atom stereocenters. The van der Waals surface area contributed by atoms with Gasteiger partial charge in [-0.2, -0.15) is 0 Å². The van der Waals surface area contributed by atoms with Crippen molar-refractivity contribution in [3.05, 3.63) is 0 Å². The Bertz CT molecular complexity index is 284. The van der Waals surface area contributed by atoms with Gasteiger partial charge in [0.25, 0.3) is 0 Å². The third-order valence-corrected chi connectivity index (χ3v) is 2.45. The highest BCUT2D eigenvalue weighted by atomic mass is 32.1. The van der Waals surface area contributed by atoms with E-state index in [1.54, 1.807) is 0 Å². The maximum absolute atomic E-state index is 11.1. The zero-order valence-electron chi connectivity index (χ0n) is 10.4. The molecule has 104 valence electrons. The highest BCUT2D eigenvalue weighted by molar-refractivity contribution is 7.96. The fourth-order valence-corrected chi connectivity index (χ4v) is 1.26. The lowest BCUT2D eigenvalue weighted by Gasteiger charge is -2.08. The van der Waals surface area contributed by atoms with Crippen molar-refractivity contribution in [2.24, 2.45) is 0 Å². The van der Waals surface area contributed by atoms with Gasteiger partial charge in [-0.05, 0) is 18.6 Å². The van der Waals surface area contributed by atoms with E-state index in [2.05, 4.69) is 17.9 Å². The van der Waals surface area contributed by atoms with E-state index in [4.69, 9.17) is 21.7 Å². The Labute approximate surface area is 118 Å². The van der Waals surface area contributed by atoms with Crippen LogP contribution in [0.25, 0.3) is 0 Å². The topological polar surface area (TPSA) is 64.6 Å². The van der Waals surface area contributed by atoms with Crippen molar-refractivity contribution in [3.63, 3.8) is 0 Å². The molecular weight excluding hydrogens is 274 g/mol. The molecule has 0 rings (SSSR count). The summed E-state index contributed by atoms with van der Waals surface area (Å²) >= 11 is 8.51. The zero-order valence-corrected chi connectivity index (χ0v) is 12.1. The normalized spacial score (nSPS) is 9.67. The first-order valence-corrected chi connectivity index (χ1v) is 6.69. The molecule has 0 unspecified atom stereocenters. The smallest absolute Gasteiger partial charge is 0.407 e. The number of carbonyl (C=O) groups excluding carboxylic acids is 2. The fourth-order valence-electron chi connectivity index (χ4n) is 0.959. The predicted molar refractivity (Wildman–Crippen MR) is 76.0 cm³/mol. The first-order valence-electron chi connectivity index (χ1n) is 5.84. The van der Waals surface area contributed by atoms with E-state index in [0.717, 1.165) is 12.8 Å². The Morgan fingerprint density at radius 1 is 1.22 bits per heavy atom. The second-order valence-corrected chi connectivity index (χ2v) is 4.48. The molecule has 1 N–H and O–H groups in total. The van der Waals surface area contributed by atoms with E-state index >= 15 is 0 Å². The van der Waals surface area contributed by atoms with Crippen LogP contribution < -0.4 is 5.32 Å². The maximum atomic E-state index is 11.1. The minimum atomic E-state index is -0.455. The quantitative estimate of drug-likeness (QED) is 0.387. The van der Waals surface area contributed by atoms with E-state index in [9.17, 15) is 9.59 Å². The average Bonchev–Trinajstić information content (AvgIpc) is 2.32. The SMILES string of the molecule is CCCCOC(=O)NCCOC(=S)CCC(=O)S. The van der Waals surface area contributed by atoms with Crippen LogP contribution in [0.2, 0.25) is 0 Å². The number of rotatable bonds is 9. The van der Waals surface area contributed by atoms with Gasteiger partial charge < -0.3 is 14.8 Å². The molecule has 18 heavy (non-hydrogen) atoms. The lowest BCUT2D eigenvalue weighted by Crippen LogP contribution is -2.28. The molecule has 0 aromatic rings. The summed E-state index contributed by atoms with van der Waals surface area (Å²) < 4.78 is 10.0. The summed E-state index contributed by atoms with van der Waals surface area (Å²) in [5.74, 6) is 0. The summed E-state index contributed by atoms with van der Waals surface area (Å²) in [7, 11) is 0. The molecule has 0 heterocycles. The van der Waals surface area contributed by atoms with Crippen LogP contribution >= 0.6 is 24.8 Å². The van der Waals surface area contributed by atoms with Crippen LogP contribution in [0.15, 0.2) is 0 Å². The molecule has 0 bridgehead atoms. The molecule has 1 amide bonds. The Balaban J connectivity index is 3.40. The second-order valence-electron chi connectivity index (χ2n) is 3.53. The van der Waals surface area contributed by atoms with Crippen LogP contribution in [-0.4, -0.2) is 36.0 Å². The number of thiol groups is 1. The monoisotopic (exact) mass is 293 g/mol. The van der Waals surface area contributed by atoms with Crippen LogP contribution in [-0.2, 0) is 14.3 Å². The number of hydrogen-bond acceptors (Lipinski definition) is 5. The molecule has 0 saturated heterocycles. The van der Waals surface area contributed by atoms with Crippen molar-refractivity contribution in [2.45, 2.75) is 32.6 Å². The summed E-state index contributed by atoms with van der Waals surface area (Å²) in [6, 6.07) is 0. The van der Waals surface area contributed by atoms with Gasteiger partial charge in [0, 0.05) is 12.8 Å². The van der Waals surface area contributed by atoms with Crippen molar-refractivity contribution in [1.82, 2.24) is 5.32 Å². The molecular formula is C11H19NO4S2. The van der Waals surface area contributed by atoms with Gasteiger partial charge in [-0.3, -0.25) is 4.79 Å². The molecule has 5 nitrogen and oxygen atoms in total. The van der Waals surface area contributed by atoms with Gasteiger partial charge in [0.15, 0.2) is 10.2 Å². The van der Waals surface area contributed by atoms with Gasteiger partial charge in [0.2, 0.25) is 0 Å². The molecule has 0 aliphatic heterocycles. The van der Waals surface area contributed by atoms with Gasteiger partial charge in [-0.15, -0.1) is 12.6 Å². The van der Waals surface area contributed by atoms with Crippen molar-refractivity contribution >= 4 is 41.1 Å².